The maximum absolute atomic E-state index is 10.7. The lowest BCUT2D eigenvalue weighted by molar-refractivity contribution is 0.259. The van der Waals surface area contributed by atoms with Gasteiger partial charge in [-0.2, -0.15) is 0 Å². The van der Waals surface area contributed by atoms with E-state index in [0.29, 0.717) is 5.69 Å². The van der Waals surface area contributed by atoms with E-state index in [4.69, 9.17) is 5.73 Å². The first-order chi connectivity index (χ1) is 7.16. The Labute approximate surface area is 86.3 Å². The number of fused-ring (bicyclic) bond motifs is 1. The van der Waals surface area contributed by atoms with Crippen LogP contribution in [0.1, 0.15) is 0 Å². The monoisotopic (exact) mass is 202 g/mol. The first-order valence-electron chi connectivity index (χ1n) is 4.45. The van der Waals surface area contributed by atoms with Crippen LogP contribution in [0.5, 0.6) is 5.75 Å². The van der Waals surface area contributed by atoms with Crippen LogP contribution in [0.15, 0.2) is 36.4 Å². The maximum Gasteiger partial charge on any atom is 0.316 e. The molecule has 0 atom stereocenters. The van der Waals surface area contributed by atoms with E-state index in [1.54, 1.807) is 24.3 Å². The van der Waals surface area contributed by atoms with Crippen molar-refractivity contribution in [1.29, 1.82) is 0 Å². The fourth-order valence-corrected chi connectivity index (χ4v) is 1.50. The normalized spacial score (nSPS) is 10.1. The molecule has 0 heterocycles. The summed E-state index contributed by atoms with van der Waals surface area (Å²) >= 11 is 0. The summed E-state index contributed by atoms with van der Waals surface area (Å²) in [4.78, 5) is 10.7. The first kappa shape index (κ1) is 9.33. The SMILES string of the molecule is NC(=O)Nc1cccc2ccc(O)cc12. The Hall–Kier alpha value is -2.23. The number of carbonyl (C=O) groups excluding carboxylic acids is 1. The number of phenols is 1. The summed E-state index contributed by atoms with van der Waals surface area (Å²) in [5.41, 5.74) is 5.63. The molecule has 0 saturated carbocycles. The van der Waals surface area contributed by atoms with Crippen molar-refractivity contribution < 1.29 is 9.90 Å². The molecule has 0 fully saturated rings. The third-order valence-electron chi connectivity index (χ3n) is 2.12. The molecule has 0 aliphatic heterocycles. The fraction of sp³-hybridized carbons (Fsp3) is 0. The van der Waals surface area contributed by atoms with Crippen molar-refractivity contribution in [1.82, 2.24) is 0 Å². The molecule has 0 saturated heterocycles. The number of primary amides is 1. The molecule has 0 spiro atoms. The van der Waals surface area contributed by atoms with Gasteiger partial charge in [-0.1, -0.05) is 18.2 Å². The Bertz CT molecular complexity index is 523. The summed E-state index contributed by atoms with van der Waals surface area (Å²) in [6, 6.07) is 9.76. The van der Waals surface area contributed by atoms with E-state index in [1.807, 2.05) is 12.1 Å². The Morgan fingerprint density at radius 3 is 2.80 bits per heavy atom. The Balaban J connectivity index is 2.63. The number of phenolic OH excluding ortho intramolecular Hbond substituents is 1. The minimum absolute atomic E-state index is 0.154. The Morgan fingerprint density at radius 2 is 2.07 bits per heavy atom. The van der Waals surface area contributed by atoms with Crippen molar-refractivity contribution in [2.45, 2.75) is 0 Å². The van der Waals surface area contributed by atoms with Gasteiger partial charge in [-0.25, -0.2) is 4.79 Å². The number of carbonyl (C=O) groups is 1. The number of nitrogens with one attached hydrogen (secondary N) is 1. The summed E-state index contributed by atoms with van der Waals surface area (Å²) in [6.07, 6.45) is 0. The molecule has 2 aromatic carbocycles. The topological polar surface area (TPSA) is 75.4 Å². The fourth-order valence-electron chi connectivity index (χ4n) is 1.50. The quantitative estimate of drug-likeness (QED) is 0.661. The van der Waals surface area contributed by atoms with E-state index in [1.165, 1.54) is 0 Å². The number of benzene rings is 2. The summed E-state index contributed by atoms with van der Waals surface area (Å²) in [5.74, 6) is 0.154. The molecule has 2 aromatic rings. The van der Waals surface area contributed by atoms with Gasteiger partial charge < -0.3 is 16.2 Å². The predicted molar refractivity (Wildman–Crippen MR) is 58.8 cm³/mol. The van der Waals surface area contributed by atoms with Crippen molar-refractivity contribution in [2.24, 2.45) is 5.73 Å². The molecule has 15 heavy (non-hydrogen) atoms. The second kappa shape index (κ2) is 3.49. The van der Waals surface area contributed by atoms with Crippen molar-refractivity contribution >= 4 is 22.5 Å². The van der Waals surface area contributed by atoms with Crippen molar-refractivity contribution in [3.8, 4) is 5.75 Å². The van der Waals surface area contributed by atoms with Crippen molar-refractivity contribution in [3.63, 3.8) is 0 Å². The van der Waals surface area contributed by atoms with Gasteiger partial charge in [-0.15, -0.1) is 0 Å². The van der Waals surface area contributed by atoms with E-state index in [-0.39, 0.29) is 5.75 Å². The number of urea groups is 1. The molecule has 0 aliphatic rings. The second-order valence-corrected chi connectivity index (χ2v) is 3.20. The van der Waals surface area contributed by atoms with E-state index in [9.17, 15) is 9.90 Å². The zero-order valence-electron chi connectivity index (χ0n) is 7.90. The molecule has 0 bridgehead atoms. The molecule has 76 valence electrons. The molecule has 0 aromatic heterocycles. The zero-order valence-corrected chi connectivity index (χ0v) is 7.90. The number of nitrogens with two attached hydrogens (primary N) is 1. The largest absolute Gasteiger partial charge is 0.508 e. The number of anilines is 1. The van der Waals surface area contributed by atoms with Crippen LogP contribution in [0.2, 0.25) is 0 Å². The van der Waals surface area contributed by atoms with Crippen molar-refractivity contribution in [2.75, 3.05) is 5.32 Å². The summed E-state index contributed by atoms with van der Waals surface area (Å²) < 4.78 is 0. The van der Waals surface area contributed by atoms with Gasteiger partial charge >= 0.3 is 6.03 Å². The standard InChI is InChI=1S/C11H10N2O2/c12-11(15)13-10-3-1-2-7-4-5-8(14)6-9(7)10/h1-6,14H,(H3,12,13,15). The van der Waals surface area contributed by atoms with E-state index < -0.39 is 6.03 Å². The second-order valence-electron chi connectivity index (χ2n) is 3.20. The van der Waals surface area contributed by atoms with Crippen LogP contribution in [-0.2, 0) is 0 Å². The maximum atomic E-state index is 10.7. The molecule has 4 N–H and O–H groups in total. The zero-order chi connectivity index (χ0) is 10.8. The Morgan fingerprint density at radius 1 is 1.27 bits per heavy atom. The summed E-state index contributed by atoms with van der Waals surface area (Å²) in [5, 5.41) is 13.5. The lowest BCUT2D eigenvalue weighted by atomic mass is 10.1. The minimum Gasteiger partial charge on any atom is -0.508 e. The van der Waals surface area contributed by atoms with Crippen LogP contribution in [0.3, 0.4) is 0 Å². The van der Waals surface area contributed by atoms with Crippen LogP contribution in [0, 0.1) is 0 Å². The average molecular weight is 202 g/mol. The molecular weight excluding hydrogens is 192 g/mol. The summed E-state index contributed by atoms with van der Waals surface area (Å²) in [6.45, 7) is 0. The van der Waals surface area contributed by atoms with Gasteiger partial charge in [-0.05, 0) is 23.6 Å². The number of hydrogen-bond acceptors (Lipinski definition) is 2. The first-order valence-corrected chi connectivity index (χ1v) is 4.45. The van der Waals surface area contributed by atoms with Gasteiger partial charge in [0, 0.05) is 5.39 Å². The minimum atomic E-state index is -0.620. The van der Waals surface area contributed by atoms with Crippen LogP contribution >= 0.6 is 0 Å². The van der Waals surface area contributed by atoms with E-state index in [0.717, 1.165) is 10.8 Å². The third-order valence-corrected chi connectivity index (χ3v) is 2.12. The summed E-state index contributed by atoms with van der Waals surface area (Å²) in [7, 11) is 0. The van der Waals surface area contributed by atoms with Crippen LogP contribution in [0.25, 0.3) is 10.8 Å². The van der Waals surface area contributed by atoms with Gasteiger partial charge in [0.1, 0.15) is 5.75 Å². The lowest BCUT2D eigenvalue weighted by Gasteiger charge is -2.06. The molecule has 0 aliphatic carbocycles. The lowest BCUT2D eigenvalue weighted by Crippen LogP contribution is -2.19. The predicted octanol–water partition coefficient (Wildman–Crippen LogP) is 2.04. The van der Waals surface area contributed by atoms with Crippen LogP contribution < -0.4 is 11.1 Å². The number of amides is 2. The highest BCUT2D eigenvalue weighted by Crippen LogP contribution is 2.26. The van der Waals surface area contributed by atoms with E-state index >= 15 is 0 Å². The number of hydrogen-bond donors (Lipinski definition) is 3. The van der Waals surface area contributed by atoms with Crippen LogP contribution in [-0.4, -0.2) is 11.1 Å². The highest BCUT2D eigenvalue weighted by molar-refractivity contribution is 6.01. The molecule has 2 amide bonds. The number of rotatable bonds is 1. The average Bonchev–Trinajstić information content (AvgIpc) is 2.18. The number of aromatic hydroxyl groups is 1. The molecule has 0 unspecified atom stereocenters. The highest BCUT2D eigenvalue weighted by atomic mass is 16.3. The van der Waals surface area contributed by atoms with Gasteiger partial charge in [0.2, 0.25) is 0 Å². The molecule has 4 heteroatoms. The molecule has 4 nitrogen and oxygen atoms in total. The highest BCUT2D eigenvalue weighted by Gasteiger charge is 2.02. The molecular formula is C11H10N2O2. The smallest absolute Gasteiger partial charge is 0.316 e. The van der Waals surface area contributed by atoms with Gasteiger partial charge in [0.05, 0.1) is 5.69 Å². The Kier molecular flexibility index (Phi) is 2.17. The van der Waals surface area contributed by atoms with Crippen molar-refractivity contribution in [3.05, 3.63) is 36.4 Å². The van der Waals surface area contributed by atoms with Gasteiger partial charge in [-0.3, -0.25) is 0 Å². The molecule has 2 rings (SSSR count). The molecule has 0 radical (unpaired) electrons. The van der Waals surface area contributed by atoms with Crippen LogP contribution in [0.4, 0.5) is 10.5 Å². The van der Waals surface area contributed by atoms with Gasteiger partial charge in [0.25, 0.3) is 0 Å². The van der Waals surface area contributed by atoms with Gasteiger partial charge in [0.15, 0.2) is 0 Å². The third kappa shape index (κ3) is 1.83. The van der Waals surface area contributed by atoms with E-state index in [2.05, 4.69) is 5.32 Å².